The van der Waals surface area contributed by atoms with Gasteiger partial charge in [-0.1, -0.05) is 37.7 Å². The Labute approximate surface area is 119 Å². The summed E-state index contributed by atoms with van der Waals surface area (Å²) in [5, 5.41) is 0.680. The van der Waals surface area contributed by atoms with Crippen molar-refractivity contribution in [2.75, 3.05) is 18.0 Å². The SMILES string of the molecule is CC1(C)CCN(c2ccc(Cl)cc2C(N)=S)CC1. The molecule has 0 unspecified atom stereocenters. The van der Waals surface area contributed by atoms with E-state index >= 15 is 0 Å². The lowest BCUT2D eigenvalue weighted by molar-refractivity contribution is 0.280. The number of benzene rings is 1. The molecule has 1 aliphatic rings. The van der Waals surface area contributed by atoms with Crippen LogP contribution in [-0.2, 0) is 0 Å². The predicted octanol–water partition coefficient (Wildman–Crippen LogP) is 3.60. The summed E-state index contributed by atoms with van der Waals surface area (Å²) in [5.41, 5.74) is 8.23. The van der Waals surface area contributed by atoms with E-state index in [-0.39, 0.29) is 0 Å². The molecule has 4 heteroatoms. The first-order chi connectivity index (χ1) is 8.39. The molecule has 0 saturated carbocycles. The van der Waals surface area contributed by atoms with Crippen LogP contribution in [0.4, 0.5) is 5.69 Å². The summed E-state index contributed by atoms with van der Waals surface area (Å²) in [5.74, 6) is 0. The molecule has 2 nitrogen and oxygen atoms in total. The summed E-state index contributed by atoms with van der Waals surface area (Å²) in [7, 11) is 0. The molecule has 1 heterocycles. The van der Waals surface area contributed by atoms with E-state index in [1.54, 1.807) is 0 Å². The Morgan fingerprint density at radius 1 is 1.33 bits per heavy atom. The van der Waals surface area contributed by atoms with E-state index in [1.807, 2.05) is 18.2 Å². The Bertz CT molecular complexity index is 461. The van der Waals surface area contributed by atoms with E-state index in [0.29, 0.717) is 15.4 Å². The first kappa shape index (κ1) is 13.6. The number of hydrogen-bond donors (Lipinski definition) is 1. The maximum atomic E-state index is 6.01. The fourth-order valence-electron chi connectivity index (χ4n) is 2.33. The maximum absolute atomic E-state index is 6.01. The van der Waals surface area contributed by atoms with Crippen LogP contribution >= 0.6 is 23.8 Å². The molecule has 1 fully saturated rings. The topological polar surface area (TPSA) is 29.3 Å². The van der Waals surface area contributed by atoms with Gasteiger partial charge in [0.15, 0.2) is 0 Å². The Balaban J connectivity index is 2.26. The van der Waals surface area contributed by atoms with Crippen molar-refractivity contribution < 1.29 is 0 Å². The standard InChI is InChI=1S/C14H19ClN2S/c1-14(2)5-7-17(8-6-14)12-4-3-10(15)9-11(12)13(16)18/h3-4,9H,5-8H2,1-2H3,(H2,16,18). The molecule has 2 N–H and O–H groups in total. The molecule has 0 radical (unpaired) electrons. The van der Waals surface area contributed by atoms with Gasteiger partial charge in [0.25, 0.3) is 0 Å². The summed E-state index contributed by atoms with van der Waals surface area (Å²) < 4.78 is 0. The highest BCUT2D eigenvalue weighted by molar-refractivity contribution is 7.80. The van der Waals surface area contributed by atoms with Crippen LogP contribution in [0.2, 0.25) is 5.02 Å². The van der Waals surface area contributed by atoms with Crippen molar-refractivity contribution in [3.63, 3.8) is 0 Å². The molecule has 2 rings (SSSR count). The van der Waals surface area contributed by atoms with Crippen LogP contribution in [0.15, 0.2) is 18.2 Å². The molecular weight excluding hydrogens is 264 g/mol. The summed E-state index contributed by atoms with van der Waals surface area (Å²) >= 11 is 11.1. The third-order valence-corrected chi connectivity index (χ3v) is 4.14. The molecule has 0 aromatic heterocycles. The van der Waals surface area contributed by atoms with Gasteiger partial charge in [0.1, 0.15) is 4.99 Å². The highest BCUT2D eigenvalue weighted by atomic mass is 35.5. The average molecular weight is 283 g/mol. The van der Waals surface area contributed by atoms with Crippen LogP contribution in [0.3, 0.4) is 0 Å². The molecule has 0 aliphatic carbocycles. The van der Waals surface area contributed by atoms with E-state index in [9.17, 15) is 0 Å². The Kier molecular flexibility index (Phi) is 3.83. The van der Waals surface area contributed by atoms with Crippen LogP contribution in [0.1, 0.15) is 32.3 Å². The van der Waals surface area contributed by atoms with Gasteiger partial charge in [-0.25, -0.2) is 0 Å². The lowest BCUT2D eigenvalue weighted by atomic mass is 9.82. The van der Waals surface area contributed by atoms with Gasteiger partial charge in [-0.2, -0.15) is 0 Å². The zero-order valence-corrected chi connectivity index (χ0v) is 12.4. The number of thiocarbonyl (C=S) groups is 1. The van der Waals surface area contributed by atoms with Crippen molar-refractivity contribution in [2.45, 2.75) is 26.7 Å². The molecule has 0 bridgehead atoms. The molecule has 98 valence electrons. The number of rotatable bonds is 2. The van der Waals surface area contributed by atoms with Crippen molar-refractivity contribution >= 4 is 34.5 Å². The second-order valence-electron chi connectivity index (χ2n) is 5.68. The first-order valence-corrected chi connectivity index (χ1v) is 7.02. The minimum Gasteiger partial charge on any atom is -0.389 e. The number of hydrogen-bond acceptors (Lipinski definition) is 2. The van der Waals surface area contributed by atoms with Crippen LogP contribution in [0.25, 0.3) is 0 Å². The summed E-state index contributed by atoms with van der Waals surface area (Å²) in [4.78, 5) is 2.77. The quantitative estimate of drug-likeness (QED) is 0.841. The van der Waals surface area contributed by atoms with Gasteiger partial charge < -0.3 is 10.6 Å². The van der Waals surface area contributed by atoms with Gasteiger partial charge in [-0.05, 0) is 36.5 Å². The highest BCUT2D eigenvalue weighted by Gasteiger charge is 2.26. The van der Waals surface area contributed by atoms with Gasteiger partial charge in [0, 0.05) is 29.4 Å². The van der Waals surface area contributed by atoms with Crippen molar-refractivity contribution in [2.24, 2.45) is 11.1 Å². The van der Waals surface area contributed by atoms with Crippen LogP contribution in [0.5, 0.6) is 0 Å². The number of nitrogens with zero attached hydrogens (tertiary/aromatic N) is 1. The average Bonchev–Trinajstić information content (AvgIpc) is 2.29. The summed E-state index contributed by atoms with van der Waals surface area (Å²) in [6.07, 6.45) is 2.37. The van der Waals surface area contributed by atoms with E-state index in [2.05, 4.69) is 18.7 Å². The number of halogens is 1. The van der Waals surface area contributed by atoms with Crippen molar-refractivity contribution in [1.82, 2.24) is 0 Å². The lowest BCUT2D eigenvalue weighted by Gasteiger charge is -2.39. The van der Waals surface area contributed by atoms with Crippen LogP contribution < -0.4 is 10.6 Å². The molecule has 1 saturated heterocycles. The smallest absolute Gasteiger partial charge is 0.106 e. The fourth-order valence-corrected chi connectivity index (χ4v) is 2.67. The van der Waals surface area contributed by atoms with E-state index in [1.165, 1.54) is 12.8 Å². The monoisotopic (exact) mass is 282 g/mol. The fraction of sp³-hybridized carbons (Fsp3) is 0.500. The predicted molar refractivity (Wildman–Crippen MR) is 82.6 cm³/mol. The molecule has 0 atom stereocenters. The number of nitrogens with two attached hydrogens (primary N) is 1. The van der Waals surface area contributed by atoms with Gasteiger partial charge >= 0.3 is 0 Å². The Morgan fingerprint density at radius 3 is 2.50 bits per heavy atom. The number of piperidine rings is 1. The second-order valence-corrected chi connectivity index (χ2v) is 6.55. The zero-order valence-electron chi connectivity index (χ0n) is 10.9. The third kappa shape index (κ3) is 2.96. The van der Waals surface area contributed by atoms with Gasteiger partial charge in [0.2, 0.25) is 0 Å². The highest BCUT2D eigenvalue weighted by Crippen LogP contribution is 2.34. The van der Waals surface area contributed by atoms with Gasteiger partial charge in [0.05, 0.1) is 0 Å². The van der Waals surface area contributed by atoms with Crippen molar-refractivity contribution in [3.8, 4) is 0 Å². The molecule has 0 spiro atoms. The zero-order chi connectivity index (χ0) is 13.3. The minimum atomic E-state index is 0.414. The van der Waals surface area contributed by atoms with E-state index in [4.69, 9.17) is 29.6 Å². The lowest BCUT2D eigenvalue weighted by Crippen LogP contribution is -2.38. The maximum Gasteiger partial charge on any atom is 0.106 e. The van der Waals surface area contributed by atoms with Gasteiger partial charge in [-0.3, -0.25) is 0 Å². The molecule has 18 heavy (non-hydrogen) atoms. The summed E-state index contributed by atoms with van der Waals surface area (Å²) in [6, 6.07) is 5.78. The second kappa shape index (κ2) is 5.06. The Morgan fingerprint density at radius 2 is 1.94 bits per heavy atom. The number of anilines is 1. The van der Waals surface area contributed by atoms with Gasteiger partial charge in [-0.15, -0.1) is 0 Å². The van der Waals surface area contributed by atoms with Crippen LogP contribution in [0, 0.1) is 5.41 Å². The Hall–Kier alpha value is -0.800. The van der Waals surface area contributed by atoms with E-state index in [0.717, 1.165) is 24.3 Å². The van der Waals surface area contributed by atoms with E-state index < -0.39 is 0 Å². The molecular formula is C14H19ClN2S. The molecule has 0 amide bonds. The molecule has 1 aromatic rings. The third-order valence-electron chi connectivity index (χ3n) is 3.68. The minimum absolute atomic E-state index is 0.414. The largest absolute Gasteiger partial charge is 0.389 e. The summed E-state index contributed by atoms with van der Waals surface area (Å²) in [6.45, 7) is 6.73. The normalized spacial score (nSPS) is 18.7. The van der Waals surface area contributed by atoms with Crippen LogP contribution in [-0.4, -0.2) is 18.1 Å². The van der Waals surface area contributed by atoms with Crippen molar-refractivity contribution in [3.05, 3.63) is 28.8 Å². The molecule has 1 aromatic carbocycles. The first-order valence-electron chi connectivity index (χ1n) is 6.23. The molecule has 1 aliphatic heterocycles. The van der Waals surface area contributed by atoms with Crippen molar-refractivity contribution in [1.29, 1.82) is 0 Å².